The van der Waals surface area contributed by atoms with Gasteiger partial charge >= 0.3 is 0 Å². The summed E-state index contributed by atoms with van der Waals surface area (Å²) in [5, 5.41) is 2.65. The molecule has 0 bridgehead atoms. The van der Waals surface area contributed by atoms with E-state index in [1.807, 2.05) is 6.26 Å². The Bertz CT molecular complexity index is 537. The highest BCUT2D eigenvalue weighted by molar-refractivity contribution is 5.66. The third kappa shape index (κ3) is 1.23. The van der Waals surface area contributed by atoms with E-state index in [1.165, 1.54) is 21.6 Å². The van der Waals surface area contributed by atoms with Crippen LogP contribution < -0.4 is 10.4 Å². The second-order valence-corrected chi connectivity index (χ2v) is 4.09. The molecule has 1 aromatic carbocycles. The molecule has 1 heteroatoms. The Labute approximate surface area is 89.4 Å². The van der Waals surface area contributed by atoms with Crippen molar-refractivity contribution < 1.29 is 4.74 Å². The van der Waals surface area contributed by atoms with Crippen LogP contribution in [0.5, 0.6) is 0 Å². The van der Waals surface area contributed by atoms with Gasteiger partial charge in [0.2, 0.25) is 0 Å². The van der Waals surface area contributed by atoms with Crippen LogP contribution in [0.4, 0.5) is 0 Å². The van der Waals surface area contributed by atoms with Crippen molar-refractivity contribution in [2.45, 2.75) is 25.9 Å². The zero-order valence-corrected chi connectivity index (χ0v) is 8.86. The van der Waals surface area contributed by atoms with E-state index in [1.54, 1.807) is 0 Å². The summed E-state index contributed by atoms with van der Waals surface area (Å²) in [5.41, 5.74) is 2.79. The highest BCUT2D eigenvalue weighted by Gasteiger charge is 2.18. The molecule has 0 radical (unpaired) electrons. The Morgan fingerprint density at radius 3 is 3.20 bits per heavy atom. The summed E-state index contributed by atoms with van der Waals surface area (Å²) >= 11 is 0. The summed E-state index contributed by atoms with van der Waals surface area (Å²) in [6.07, 6.45) is 8.71. The average Bonchev–Trinajstić information content (AvgIpc) is 2.30. The minimum Gasteiger partial charge on any atom is -0.493 e. The van der Waals surface area contributed by atoms with Crippen LogP contribution in [-0.2, 0) is 11.2 Å². The van der Waals surface area contributed by atoms with E-state index in [9.17, 15) is 0 Å². The average molecular weight is 198 g/mol. The SMILES string of the molecule is CCC1OC=c2cccc3c2=C1C=CC3. The van der Waals surface area contributed by atoms with Gasteiger partial charge in [0, 0.05) is 10.8 Å². The van der Waals surface area contributed by atoms with Gasteiger partial charge in [-0.3, -0.25) is 0 Å². The van der Waals surface area contributed by atoms with Gasteiger partial charge in [0.15, 0.2) is 0 Å². The molecule has 1 unspecified atom stereocenters. The van der Waals surface area contributed by atoms with Crippen LogP contribution in [0, 0.1) is 0 Å². The van der Waals surface area contributed by atoms with Crippen LogP contribution in [0.3, 0.4) is 0 Å². The van der Waals surface area contributed by atoms with E-state index in [0.29, 0.717) is 0 Å². The standard InChI is InChI=1S/C14H14O/c1-2-13-12-8-4-6-10-5-3-7-11(9-15-13)14(10)12/h3-5,7-9,13H,2,6H2,1H3. The Kier molecular flexibility index (Phi) is 1.91. The van der Waals surface area contributed by atoms with Crippen LogP contribution in [0.15, 0.2) is 30.4 Å². The minimum atomic E-state index is 0.246. The number of rotatable bonds is 1. The first kappa shape index (κ1) is 8.78. The Morgan fingerprint density at radius 2 is 2.33 bits per heavy atom. The van der Waals surface area contributed by atoms with Crippen LogP contribution in [0.25, 0.3) is 11.8 Å². The molecule has 76 valence electrons. The third-order valence-corrected chi connectivity index (χ3v) is 3.18. The quantitative estimate of drug-likeness (QED) is 0.664. The first-order valence-electron chi connectivity index (χ1n) is 5.54. The smallest absolute Gasteiger partial charge is 0.123 e. The molecule has 0 N–H and O–H groups in total. The summed E-state index contributed by atoms with van der Waals surface area (Å²) in [7, 11) is 0. The molecule has 2 aliphatic rings. The summed E-state index contributed by atoms with van der Waals surface area (Å²) < 4.78 is 5.73. The molecule has 1 nitrogen and oxygen atoms in total. The lowest BCUT2D eigenvalue weighted by molar-refractivity contribution is 0.226. The molecule has 1 heterocycles. The van der Waals surface area contributed by atoms with E-state index >= 15 is 0 Å². The van der Waals surface area contributed by atoms with Gasteiger partial charge < -0.3 is 4.74 Å². The lowest BCUT2D eigenvalue weighted by Gasteiger charge is -2.23. The van der Waals surface area contributed by atoms with E-state index < -0.39 is 0 Å². The van der Waals surface area contributed by atoms with Gasteiger partial charge in [-0.1, -0.05) is 37.3 Å². The van der Waals surface area contributed by atoms with E-state index in [2.05, 4.69) is 37.3 Å². The number of ether oxygens (including phenoxy) is 1. The third-order valence-electron chi connectivity index (χ3n) is 3.18. The Morgan fingerprint density at radius 1 is 1.40 bits per heavy atom. The molecule has 0 fully saturated rings. The van der Waals surface area contributed by atoms with Gasteiger partial charge in [-0.05, 0) is 23.6 Å². The normalized spacial score (nSPS) is 21.7. The van der Waals surface area contributed by atoms with Gasteiger partial charge in [0.05, 0.1) is 6.26 Å². The highest BCUT2D eigenvalue weighted by Crippen LogP contribution is 2.18. The molecule has 15 heavy (non-hydrogen) atoms. The van der Waals surface area contributed by atoms with Crippen LogP contribution >= 0.6 is 0 Å². The second-order valence-electron chi connectivity index (χ2n) is 4.09. The van der Waals surface area contributed by atoms with Gasteiger partial charge in [-0.15, -0.1) is 0 Å². The number of hydrogen-bond acceptors (Lipinski definition) is 1. The fourth-order valence-electron chi connectivity index (χ4n) is 2.45. The zero-order chi connectivity index (χ0) is 10.3. The van der Waals surface area contributed by atoms with E-state index in [-0.39, 0.29) is 6.10 Å². The summed E-state index contributed by atoms with van der Waals surface area (Å²) in [6, 6.07) is 6.45. The summed E-state index contributed by atoms with van der Waals surface area (Å²) in [4.78, 5) is 0. The molecule has 0 spiro atoms. The lowest BCUT2D eigenvalue weighted by Crippen LogP contribution is -2.39. The lowest BCUT2D eigenvalue weighted by atomic mass is 9.92. The number of allylic oxidation sites excluding steroid dienone is 1. The van der Waals surface area contributed by atoms with Gasteiger partial charge in [-0.2, -0.15) is 0 Å². The first-order chi connectivity index (χ1) is 7.40. The van der Waals surface area contributed by atoms with Crippen molar-refractivity contribution in [1.82, 2.24) is 0 Å². The van der Waals surface area contributed by atoms with Gasteiger partial charge in [-0.25, -0.2) is 0 Å². The minimum absolute atomic E-state index is 0.246. The molecule has 1 aromatic rings. The molecule has 1 aliphatic heterocycles. The topological polar surface area (TPSA) is 9.23 Å². The van der Waals surface area contributed by atoms with Crippen LogP contribution in [0.1, 0.15) is 18.9 Å². The molecule has 0 amide bonds. The van der Waals surface area contributed by atoms with Crippen molar-refractivity contribution >= 4 is 11.8 Å². The van der Waals surface area contributed by atoms with Crippen LogP contribution in [0.2, 0.25) is 0 Å². The fraction of sp³-hybridized carbons (Fsp3) is 0.286. The zero-order valence-electron chi connectivity index (χ0n) is 8.86. The summed E-state index contributed by atoms with van der Waals surface area (Å²) in [5.74, 6) is 0. The van der Waals surface area contributed by atoms with Crippen molar-refractivity contribution in [3.8, 4) is 0 Å². The highest BCUT2D eigenvalue weighted by atomic mass is 16.5. The fourth-order valence-corrected chi connectivity index (χ4v) is 2.45. The maximum atomic E-state index is 5.73. The largest absolute Gasteiger partial charge is 0.493 e. The molecule has 1 aliphatic carbocycles. The molecule has 0 aromatic heterocycles. The van der Waals surface area contributed by atoms with Crippen molar-refractivity contribution in [2.24, 2.45) is 0 Å². The predicted molar refractivity (Wildman–Crippen MR) is 61.6 cm³/mol. The maximum Gasteiger partial charge on any atom is 0.123 e. The monoisotopic (exact) mass is 198 g/mol. The van der Waals surface area contributed by atoms with Gasteiger partial charge in [0.25, 0.3) is 0 Å². The Balaban J connectivity index is 2.41. The second kappa shape index (κ2) is 3.27. The number of benzene rings is 1. The molecule has 0 saturated heterocycles. The molecular formula is C14H14O. The summed E-state index contributed by atoms with van der Waals surface area (Å²) in [6.45, 7) is 2.17. The predicted octanol–water partition coefficient (Wildman–Crippen LogP) is 1.50. The molecule has 1 atom stereocenters. The van der Waals surface area contributed by atoms with Crippen molar-refractivity contribution in [2.75, 3.05) is 0 Å². The van der Waals surface area contributed by atoms with E-state index in [0.717, 1.165) is 12.8 Å². The number of hydrogen-bond donors (Lipinski definition) is 0. The van der Waals surface area contributed by atoms with Crippen molar-refractivity contribution in [1.29, 1.82) is 0 Å². The molecular weight excluding hydrogens is 184 g/mol. The first-order valence-corrected chi connectivity index (χ1v) is 5.54. The van der Waals surface area contributed by atoms with Crippen molar-refractivity contribution in [3.05, 3.63) is 46.4 Å². The van der Waals surface area contributed by atoms with Crippen LogP contribution in [-0.4, -0.2) is 6.10 Å². The molecule has 3 rings (SSSR count). The van der Waals surface area contributed by atoms with E-state index in [4.69, 9.17) is 4.74 Å². The van der Waals surface area contributed by atoms with Gasteiger partial charge in [0.1, 0.15) is 6.10 Å². The van der Waals surface area contributed by atoms with Crippen molar-refractivity contribution in [3.63, 3.8) is 0 Å². The molecule has 0 saturated carbocycles. The Hall–Kier alpha value is -1.50. The maximum absolute atomic E-state index is 5.73.